The quantitative estimate of drug-likeness (QED) is 0.714. The molecular weight excluding hydrogens is 283 g/mol. The molecule has 0 aromatic heterocycles. The van der Waals surface area contributed by atoms with Gasteiger partial charge in [-0.3, -0.25) is 0 Å². The highest BCUT2D eigenvalue weighted by atomic mass is 35.5. The van der Waals surface area contributed by atoms with Gasteiger partial charge in [0.25, 0.3) is 0 Å². The van der Waals surface area contributed by atoms with Gasteiger partial charge >= 0.3 is 0 Å². The maximum Gasteiger partial charge on any atom is 0.120 e. The number of hydrogen-bond donors (Lipinski definition) is 0. The summed E-state index contributed by atoms with van der Waals surface area (Å²) >= 11 is 12.7. The van der Waals surface area contributed by atoms with Gasteiger partial charge in [0.15, 0.2) is 0 Å². The molecule has 0 bridgehead atoms. The van der Waals surface area contributed by atoms with Gasteiger partial charge in [-0.2, -0.15) is 0 Å². The van der Waals surface area contributed by atoms with Crippen LogP contribution in [0.15, 0.2) is 18.2 Å². The zero-order valence-electron chi connectivity index (χ0n) is 11.2. The van der Waals surface area contributed by atoms with E-state index in [4.69, 9.17) is 32.7 Å². The number of rotatable bonds is 5. The van der Waals surface area contributed by atoms with E-state index in [0.717, 1.165) is 37.2 Å². The van der Waals surface area contributed by atoms with E-state index in [-0.39, 0.29) is 5.38 Å². The fourth-order valence-electron chi connectivity index (χ4n) is 2.41. The van der Waals surface area contributed by atoms with E-state index in [1.165, 1.54) is 12.8 Å². The molecule has 0 N–H and O–H groups in total. The molecule has 0 amide bonds. The van der Waals surface area contributed by atoms with E-state index in [2.05, 4.69) is 0 Å². The maximum atomic E-state index is 6.45. The third-order valence-electron chi connectivity index (χ3n) is 3.56. The van der Waals surface area contributed by atoms with Gasteiger partial charge in [0.05, 0.1) is 18.6 Å². The van der Waals surface area contributed by atoms with Crippen molar-refractivity contribution in [2.24, 2.45) is 0 Å². The van der Waals surface area contributed by atoms with Gasteiger partial charge in [0, 0.05) is 11.6 Å². The van der Waals surface area contributed by atoms with Gasteiger partial charge in [-0.25, -0.2) is 0 Å². The second-order valence-corrected chi connectivity index (χ2v) is 5.85. The van der Waals surface area contributed by atoms with Crippen LogP contribution in [0.2, 0.25) is 5.02 Å². The van der Waals surface area contributed by atoms with E-state index >= 15 is 0 Å². The van der Waals surface area contributed by atoms with Crippen LogP contribution in [0.3, 0.4) is 0 Å². The van der Waals surface area contributed by atoms with Crippen molar-refractivity contribution >= 4 is 23.2 Å². The monoisotopic (exact) mass is 302 g/mol. The van der Waals surface area contributed by atoms with E-state index in [0.29, 0.717) is 11.1 Å². The topological polar surface area (TPSA) is 18.5 Å². The Morgan fingerprint density at radius 2 is 2.26 bits per heavy atom. The van der Waals surface area contributed by atoms with Crippen molar-refractivity contribution in [2.45, 2.75) is 43.6 Å². The normalized spacial score (nSPS) is 21.1. The van der Waals surface area contributed by atoms with Crippen molar-refractivity contribution in [1.82, 2.24) is 0 Å². The minimum atomic E-state index is -0.0658. The standard InChI is InChI=1S/C15H20Cl2O2/c1-18-12-5-7-13(15(17)10-12)14(16)8-6-11-4-2-3-9-19-11/h5,7,10-11,14H,2-4,6,8-9H2,1H3. The minimum absolute atomic E-state index is 0.0658. The molecule has 0 spiro atoms. The average Bonchev–Trinajstić information content (AvgIpc) is 2.45. The molecule has 2 unspecified atom stereocenters. The van der Waals surface area contributed by atoms with E-state index in [9.17, 15) is 0 Å². The lowest BCUT2D eigenvalue weighted by Gasteiger charge is -2.23. The first kappa shape index (κ1) is 15.0. The molecule has 2 atom stereocenters. The van der Waals surface area contributed by atoms with Crippen LogP contribution in [0.25, 0.3) is 0 Å². The Bertz CT molecular complexity index is 403. The summed E-state index contributed by atoms with van der Waals surface area (Å²) < 4.78 is 10.9. The number of alkyl halides is 1. The van der Waals surface area contributed by atoms with Gasteiger partial charge in [0.1, 0.15) is 5.75 Å². The van der Waals surface area contributed by atoms with Crippen LogP contribution in [-0.4, -0.2) is 19.8 Å². The fraction of sp³-hybridized carbons (Fsp3) is 0.600. The Hall–Kier alpha value is -0.440. The molecular formula is C15H20Cl2O2. The van der Waals surface area contributed by atoms with Crippen LogP contribution in [-0.2, 0) is 4.74 Å². The van der Waals surface area contributed by atoms with Crippen molar-refractivity contribution in [3.05, 3.63) is 28.8 Å². The zero-order valence-corrected chi connectivity index (χ0v) is 12.7. The number of methoxy groups -OCH3 is 1. The Morgan fingerprint density at radius 1 is 1.42 bits per heavy atom. The molecule has 1 fully saturated rings. The predicted octanol–water partition coefficient (Wildman–Crippen LogP) is 4.98. The van der Waals surface area contributed by atoms with E-state index < -0.39 is 0 Å². The largest absolute Gasteiger partial charge is 0.497 e. The Kier molecular flexibility index (Phi) is 5.80. The first-order valence-electron chi connectivity index (χ1n) is 6.80. The maximum absolute atomic E-state index is 6.45. The molecule has 0 aliphatic carbocycles. The minimum Gasteiger partial charge on any atom is -0.497 e. The molecule has 1 aromatic rings. The lowest BCUT2D eigenvalue weighted by molar-refractivity contribution is 0.0100. The Morgan fingerprint density at radius 3 is 2.89 bits per heavy atom. The summed E-state index contributed by atoms with van der Waals surface area (Å²) in [5.41, 5.74) is 0.972. The van der Waals surface area contributed by atoms with Crippen LogP contribution in [0.5, 0.6) is 5.75 Å². The summed E-state index contributed by atoms with van der Waals surface area (Å²) in [5.74, 6) is 0.758. The van der Waals surface area contributed by atoms with Crippen molar-refractivity contribution in [1.29, 1.82) is 0 Å². The van der Waals surface area contributed by atoms with Crippen molar-refractivity contribution in [3.63, 3.8) is 0 Å². The van der Waals surface area contributed by atoms with Gasteiger partial charge in [-0.1, -0.05) is 17.7 Å². The van der Waals surface area contributed by atoms with Crippen molar-refractivity contribution in [2.75, 3.05) is 13.7 Å². The molecule has 1 aromatic carbocycles. The third kappa shape index (κ3) is 4.27. The average molecular weight is 303 g/mol. The molecule has 4 heteroatoms. The number of benzene rings is 1. The first-order valence-corrected chi connectivity index (χ1v) is 7.61. The van der Waals surface area contributed by atoms with Gasteiger partial charge in [-0.15, -0.1) is 11.6 Å². The van der Waals surface area contributed by atoms with Gasteiger partial charge in [-0.05, 0) is 49.8 Å². The Balaban J connectivity index is 1.89. The molecule has 1 saturated heterocycles. The summed E-state index contributed by atoms with van der Waals surface area (Å²) in [6.07, 6.45) is 5.85. The molecule has 2 nitrogen and oxygen atoms in total. The number of hydrogen-bond acceptors (Lipinski definition) is 2. The summed E-state index contributed by atoms with van der Waals surface area (Å²) in [6, 6.07) is 5.65. The highest BCUT2D eigenvalue weighted by Gasteiger charge is 2.18. The van der Waals surface area contributed by atoms with Crippen LogP contribution in [0, 0.1) is 0 Å². The van der Waals surface area contributed by atoms with E-state index in [1.807, 2.05) is 18.2 Å². The zero-order chi connectivity index (χ0) is 13.7. The second-order valence-electron chi connectivity index (χ2n) is 4.92. The second kappa shape index (κ2) is 7.37. The van der Waals surface area contributed by atoms with Crippen LogP contribution < -0.4 is 4.74 Å². The smallest absolute Gasteiger partial charge is 0.120 e. The molecule has 1 aliphatic rings. The highest BCUT2D eigenvalue weighted by molar-refractivity contribution is 6.32. The molecule has 2 rings (SSSR count). The fourth-order valence-corrected chi connectivity index (χ4v) is 3.09. The van der Waals surface area contributed by atoms with Gasteiger partial charge < -0.3 is 9.47 Å². The molecule has 19 heavy (non-hydrogen) atoms. The molecule has 0 saturated carbocycles. The summed E-state index contributed by atoms with van der Waals surface area (Å²) in [7, 11) is 1.63. The lowest BCUT2D eigenvalue weighted by atomic mass is 10.0. The molecule has 1 aliphatic heterocycles. The van der Waals surface area contributed by atoms with Crippen molar-refractivity contribution < 1.29 is 9.47 Å². The highest BCUT2D eigenvalue weighted by Crippen LogP contribution is 2.34. The SMILES string of the molecule is COc1ccc(C(Cl)CCC2CCCCO2)c(Cl)c1. The number of ether oxygens (including phenoxy) is 2. The lowest BCUT2D eigenvalue weighted by Crippen LogP contribution is -2.19. The first-order chi connectivity index (χ1) is 9.20. The Labute approximate surface area is 125 Å². The number of halogens is 2. The summed E-state index contributed by atoms with van der Waals surface area (Å²) in [4.78, 5) is 0. The molecule has 0 radical (unpaired) electrons. The molecule has 106 valence electrons. The predicted molar refractivity (Wildman–Crippen MR) is 79.4 cm³/mol. The summed E-state index contributed by atoms with van der Waals surface area (Å²) in [6.45, 7) is 0.890. The van der Waals surface area contributed by atoms with Crippen molar-refractivity contribution in [3.8, 4) is 5.75 Å². The van der Waals surface area contributed by atoms with Crippen LogP contribution in [0.1, 0.15) is 43.0 Å². The van der Waals surface area contributed by atoms with Gasteiger partial charge in [0.2, 0.25) is 0 Å². The third-order valence-corrected chi connectivity index (χ3v) is 4.34. The molecule has 1 heterocycles. The van der Waals surface area contributed by atoms with E-state index in [1.54, 1.807) is 7.11 Å². The summed E-state index contributed by atoms with van der Waals surface area (Å²) in [5, 5.41) is 0.604. The van der Waals surface area contributed by atoms with Crippen LogP contribution in [0.4, 0.5) is 0 Å². The van der Waals surface area contributed by atoms with Crippen LogP contribution >= 0.6 is 23.2 Å².